The number of nitrogens with zero attached hydrogens (tertiary/aromatic N) is 4. The van der Waals surface area contributed by atoms with Gasteiger partial charge < -0.3 is 9.15 Å². The van der Waals surface area contributed by atoms with Gasteiger partial charge in [0, 0.05) is 41.3 Å². The van der Waals surface area contributed by atoms with E-state index in [1.54, 1.807) is 25.6 Å². The molecule has 4 heterocycles. The lowest BCUT2D eigenvalue weighted by Gasteiger charge is -2.27. The number of pyridine rings is 2. The number of fused-ring (bicyclic) bond motifs is 1. The van der Waals surface area contributed by atoms with Gasteiger partial charge in [-0.05, 0) is 56.3 Å². The van der Waals surface area contributed by atoms with E-state index in [-0.39, 0.29) is 12.2 Å². The van der Waals surface area contributed by atoms with Crippen LogP contribution in [0.4, 0.5) is 0 Å². The minimum Gasteiger partial charge on any atom is -0.496 e. The Morgan fingerprint density at radius 3 is 2.76 bits per heavy atom. The van der Waals surface area contributed by atoms with Crippen molar-refractivity contribution >= 4 is 17.0 Å². The molecule has 1 aliphatic rings. The van der Waals surface area contributed by atoms with Gasteiger partial charge in [-0.3, -0.25) is 14.7 Å². The maximum atomic E-state index is 13.0. The van der Waals surface area contributed by atoms with E-state index in [0.29, 0.717) is 28.4 Å². The average molecular weight is 443 g/mol. The number of aromatic nitrogens is 3. The Hall–Kier alpha value is -3.58. The maximum Gasteiger partial charge on any atom is 0.229 e. The highest BCUT2D eigenvalue weighted by molar-refractivity contribution is 5.97. The zero-order valence-electron chi connectivity index (χ0n) is 18.7. The van der Waals surface area contributed by atoms with E-state index in [1.165, 1.54) is 19.3 Å². The highest BCUT2D eigenvalue weighted by Gasteiger charge is 2.17. The fraction of sp³-hybridized carbons (Fsp3) is 0.308. The van der Waals surface area contributed by atoms with E-state index in [2.05, 4.69) is 19.9 Å². The number of ketones is 1. The van der Waals surface area contributed by atoms with Crippen molar-refractivity contribution < 1.29 is 13.9 Å². The highest BCUT2D eigenvalue weighted by atomic mass is 16.5. The monoisotopic (exact) mass is 442 g/mol. The first-order chi connectivity index (χ1) is 16.2. The summed E-state index contributed by atoms with van der Waals surface area (Å²) in [6, 6.07) is 13.0. The highest BCUT2D eigenvalue weighted by Crippen LogP contribution is 2.26. The molecule has 1 aromatic carbocycles. The molecule has 0 amide bonds. The van der Waals surface area contributed by atoms with Gasteiger partial charge >= 0.3 is 0 Å². The van der Waals surface area contributed by atoms with Crippen molar-refractivity contribution in [2.75, 3.05) is 20.2 Å². The van der Waals surface area contributed by atoms with Crippen LogP contribution in [0.2, 0.25) is 0 Å². The van der Waals surface area contributed by atoms with E-state index in [9.17, 15) is 4.79 Å². The van der Waals surface area contributed by atoms with Gasteiger partial charge in [-0.15, -0.1) is 0 Å². The summed E-state index contributed by atoms with van der Waals surface area (Å²) in [6.45, 7) is 3.07. The van der Waals surface area contributed by atoms with Crippen molar-refractivity contribution in [2.45, 2.75) is 32.2 Å². The molecule has 5 rings (SSSR count). The lowest BCUT2D eigenvalue weighted by Crippen LogP contribution is -2.29. The number of hydrogen-bond donors (Lipinski definition) is 0. The summed E-state index contributed by atoms with van der Waals surface area (Å²) in [5.74, 6) is 1.21. The van der Waals surface area contributed by atoms with Crippen LogP contribution in [0.1, 0.15) is 40.9 Å². The smallest absolute Gasteiger partial charge is 0.229 e. The lowest BCUT2D eigenvalue weighted by atomic mass is 10.0. The summed E-state index contributed by atoms with van der Waals surface area (Å²) in [4.78, 5) is 28.5. The van der Waals surface area contributed by atoms with E-state index in [1.807, 2.05) is 36.4 Å². The minimum absolute atomic E-state index is 0.0123. The summed E-state index contributed by atoms with van der Waals surface area (Å²) < 4.78 is 11.4. The van der Waals surface area contributed by atoms with Crippen LogP contribution in [-0.2, 0) is 13.0 Å². The second kappa shape index (κ2) is 9.50. The van der Waals surface area contributed by atoms with Crippen molar-refractivity contribution in [1.82, 2.24) is 19.9 Å². The largest absolute Gasteiger partial charge is 0.496 e. The molecule has 0 spiro atoms. The fourth-order valence-corrected chi connectivity index (χ4v) is 4.27. The molecule has 0 N–H and O–H groups in total. The van der Waals surface area contributed by atoms with E-state index < -0.39 is 0 Å². The Kier molecular flexibility index (Phi) is 6.13. The summed E-state index contributed by atoms with van der Waals surface area (Å²) in [7, 11) is 1.66. The molecule has 0 aliphatic carbocycles. The van der Waals surface area contributed by atoms with Crippen LogP contribution in [0.25, 0.3) is 22.7 Å². The van der Waals surface area contributed by atoms with Gasteiger partial charge in [0.05, 0.1) is 13.5 Å². The topological polar surface area (TPSA) is 81.3 Å². The van der Waals surface area contributed by atoms with Gasteiger partial charge in [0.15, 0.2) is 17.0 Å². The quantitative estimate of drug-likeness (QED) is 0.384. The summed E-state index contributed by atoms with van der Waals surface area (Å²) in [5, 5.41) is 0. The molecular weight excluding hydrogens is 416 g/mol. The summed E-state index contributed by atoms with van der Waals surface area (Å²) in [5.41, 5.74) is 4.33. The zero-order chi connectivity index (χ0) is 22.6. The number of benzene rings is 1. The van der Waals surface area contributed by atoms with Crippen molar-refractivity contribution in [2.24, 2.45) is 0 Å². The molecule has 33 heavy (non-hydrogen) atoms. The third-order valence-corrected chi connectivity index (χ3v) is 6.02. The first-order valence-corrected chi connectivity index (χ1v) is 11.3. The molecule has 0 atom stereocenters. The second-order valence-corrected chi connectivity index (χ2v) is 8.34. The Morgan fingerprint density at radius 2 is 1.94 bits per heavy atom. The molecule has 0 saturated carbocycles. The molecule has 0 radical (unpaired) electrons. The Labute approximate surface area is 192 Å². The predicted octanol–water partition coefficient (Wildman–Crippen LogP) is 4.70. The maximum absolute atomic E-state index is 13.0. The van der Waals surface area contributed by atoms with Crippen molar-refractivity contribution in [3.8, 4) is 17.2 Å². The Balaban J connectivity index is 1.32. The van der Waals surface area contributed by atoms with Crippen LogP contribution in [0.15, 0.2) is 59.3 Å². The van der Waals surface area contributed by atoms with Gasteiger partial charge in [-0.2, -0.15) is 4.98 Å². The number of ether oxygens (including phenoxy) is 1. The molecule has 168 valence electrons. The Bertz CT molecular complexity index is 1240. The number of likely N-dealkylation sites (tertiary alicyclic amines) is 1. The molecule has 4 aromatic rings. The van der Waals surface area contributed by atoms with Crippen molar-refractivity contribution in [3.05, 3.63) is 71.7 Å². The number of rotatable bonds is 7. The second-order valence-electron chi connectivity index (χ2n) is 8.34. The fourth-order valence-electron chi connectivity index (χ4n) is 4.27. The lowest BCUT2D eigenvalue weighted by molar-refractivity contribution is 0.0991. The van der Waals surface area contributed by atoms with Crippen LogP contribution in [0.3, 0.4) is 0 Å². The van der Waals surface area contributed by atoms with Crippen LogP contribution in [0, 0.1) is 0 Å². The molecular formula is C26H26N4O3. The molecule has 1 aliphatic heterocycles. The molecule has 1 fully saturated rings. The normalized spacial score (nSPS) is 14.5. The summed E-state index contributed by atoms with van der Waals surface area (Å²) in [6.07, 6.45) is 7.32. The van der Waals surface area contributed by atoms with Crippen LogP contribution >= 0.6 is 0 Å². The Morgan fingerprint density at radius 1 is 1.06 bits per heavy atom. The van der Waals surface area contributed by atoms with Gasteiger partial charge in [0.2, 0.25) is 5.89 Å². The average Bonchev–Trinajstić information content (AvgIpc) is 3.29. The molecule has 7 nitrogen and oxygen atoms in total. The van der Waals surface area contributed by atoms with Crippen molar-refractivity contribution in [3.63, 3.8) is 0 Å². The number of methoxy groups -OCH3 is 1. The number of oxazole rings is 1. The number of carbonyl (C=O) groups excluding carboxylic acids is 1. The predicted molar refractivity (Wildman–Crippen MR) is 125 cm³/mol. The van der Waals surface area contributed by atoms with E-state index in [0.717, 1.165) is 36.5 Å². The van der Waals surface area contributed by atoms with Gasteiger partial charge in [-0.25, -0.2) is 4.98 Å². The SMILES string of the molecule is COc1cc(C(=O)Cc2cc(-c3nc4ncccc4o3)ccn2)ccc1CN1CCCCC1. The third kappa shape index (κ3) is 4.78. The van der Waals surface area contributed by atoms with Crippen LogP contribution < -0.4 is 4.74 Å². The third-order valence-electron chi connectivity index (χ3n) is 6.02. The van der Waals surface area contributed by atoms with Gasteiger partial charge in [0.1, 0.15) is 5.75 Å². The standard InChI is InChI=1S/C26H26N4O3/c1-32-24-15-18(7-8-20(24)17-30-12-3-2-4-13-30)22(31)16-21-14-19(9-11-27-21)26-29-25-23(33-26)6-5-10-28-25/h5-11,14-15H,2-4,12-13,16-17H2,1H3. The van der Waals surface area contributed by atoms with Crippen LogP contribution in [-0.4, -0.2) is 45.8 Å². The molecule has 3 aromatic heterocycles. The number of carbonyl (C=O) groups is 1. The molecule has 1 saturated heterocycles. The van der Waals surface area contributed by atoms with Crippen molar-refractivity contribution in [1.29, 1.82) is 0 Å². The minimum atomic E-state index is -0.0123. The molecule has 0 unspecified atom stereocenters. The molecule has 0 bridgehead atoms. The van der Waals surface area contributed by atoms with E-state index in [4.69, 9.17) is 9.15 Å². The van der Waals surface area contributed by atoms with Crippen LogP contribution in [0.5, 0.6) is 5.75 Å². The van der Waals surface area contributed by atoms with Gasteiger partial charge in [0.25, 0.3) is 0 Å². The summed E-state index contributed by atoms with van der Waals surface area (Å²) >= 11 is 0. The zero-order valence-corrected chi connectivity index (χ0v) is 18.7. The first kappa shape index (κ1) is 21.3. The number of piperidine rings is 1. The number of Topliss-reactive ketones (excluding diaryl/α,β-unsaturated/α-hetero) is 1. The first-order valence-electron chi connectivity index (χ1n) is 11.3. The van der Waals surface area contributed by atoms with Gasteiger partial charge in [-0.1, -0.05) is 18.6 Å². The van der Waals surface area contributed by atoms with E-state index >= 15 is 0 Å². The number of hydrogen-bond acceptors (Lipinski definition) is 7. The molecule has 7 heteroatoms.